The van der Waals surface area contributed by atoms with Crippen LogP contribution in [0.2, 0.25) is 0 Å². The van der Waals surface area contributed by atoms with Crippen molar-refractivity contribution in [3.05, 3.63) is 345 Å². The van der Waals surface area contributed by atoms with Gasteiger partial charge in [-0.15, -0.1) is 0 Å². The van der Waals surface area contributed by atoms with Gasteiger partial charge in [-0.25, -0.2) is 15.0 Å². The summed E-state index contributed by atoms with van der Waals surface area (Å²) in [5.74, 6) is 1.57. The van der Waals surface area contributed by atoms with E-state index in [1.54, 1.807) is 0 Å². The Kier molecular flexibility index (Phi) is 15.0. The third-order valence-corrected chi connectivity index (χ3v) is 20.0. The van der Waals surface area contributed by atoms with Crippen LogP contribution in [0.25, 0.3) is 117 Å². The third kappa shape index (κ3) is 10.6. The van der Waals surface area contributed by atoms with Gasteiger partial charge in [-0.05, 0) is 175 Å². The van der Waals surface area contributed by atoms with Gasteiger partial charge in [0.25, 0.3) is 6.71 Å². The van der Waals surface area contributed by atoms with Gasteiger partial charge in [-0.1, -0.05) is 262 Å². The molecule has 2 aliphatic rings. The second-order valence-corrected chi connectivity index (χ2v) is 26.0. The van der Waals surface area contributed by atoms with Gasteiger partial charge in [0, 0.05) is 61.6 Å². The number of hydrogen-bond donors (Lipinski definition) is 0. The summed E-state index contributed by atoms with van der Waals surface area (Å²) in [7, 11) is 0. The Hall–Kier alpha value is -13.0. The molecule has 4 heterocycles. The van der Waals surface area contributed by atoms with E-state index < -0.39 is 0 Å². The molecule has 0 unspecified atom stereocenters. The molecule has 0 saturated carbocycles. The van der Waals surface area contributed by atoms with Gasteiger partial charge in [0.2, 0.25) is 0 Å². The van der Waals surface area contributed by atoms with E-state index in [-0.39, 0.29) is 6.71 Å². The molecule has 470 valence electrons. The summed E-state index contributed by atoms with van der Waals surface area (Å²) in [6.07, 6.45) is 3.08. The fourth-order valence-corrected chi connectivity index (χ4v) is 15.2. The summed E-state index contributed by atoms with van der Waals surface area (Å²) in [5, 5.41) is 12.9. The van der Waals surface area contributed by atoms with Crippen LogP contribution in [0, 0.1) is 11.3 Å². The number of aromatic nitrogens is 4. The maximum Gasteiger partial charge on any atom is 0.252 e. The van der Waals surface area contributed by atoms with Gasteiger partial charge < -0.3 is 14.4 Å². The highest BCUT2D eigenvalue weighted by Gasteiger charge is 2.44. The first-order valence-corrected chi connectivity index (χ1v) is 34.5. The fourth-order valence-electron chi connectivity index (χ4n) is 15.2. The smallest absolute Gasteiger partial charge is 0.252 e. The lowest BCUT2D eigenvalue weighted by Gasteiger charge is -2.44. The number of fused-ring (bicyclic) bond motifs is 7. The minimum Gasteiger partial charge on any atom is -0.311 e. The Morgan fingerprint density at radius 3 is 1.23 bits per heavy atom. The number of nitrogens with zero attached hydrogens (tertiary/aromatic N) is 7. The summed E-state index contributed by atoms with van der Waals surface area (Å²) >= 11 is 0. The number of rotatable bonds is 14. The molecule has 0 radical (unpaired) electrons. The lowest BCUT2D eigenvalue weighted by molar-refractivity contribution is 0.795. The maximum absolute atomic E-state index is 10.7. The molecule has 14 aromatic carbocycles. The molecule has 0 fully saturated rings. The molecule has 0 spiro atoms. The van der Waals surface area contributed by atoms with Crippen molar-refractivity contribution in [1.82, 2.24) is 19.5 Å². The average molecular weight is 1280 g/mol. The average Bonchev–Trinajstić information content (AvgIpc) is 0.716. The van der Waals surface area contributed by atoms with Crippen molar-refractivity contribution in [3.8, 4) is 102 Å². The number of aryl methyl sites for hydroxylation is 1. The predicted octanol–water partition coefficient (Wildman–Crippen LogP) is 21.6. The lowest BCUT2D eigenvalue weighted by atomic mass is 9.33. The number of hydrogen-bond acceptors (Lipinski definition) is 6. The number of unbranched alkanes of at least 4 members (excludes halogenated alkanes) is 1. The van der Waals surface area contributed by atoms with Gasteiger partial charge in [0.05, 0.1) is 28.4 Å². The van der Waals surface area contributed by atoms with E-state index in [2.05, 4.69) is 288 Å². The van der Waals surface area contributed by atoms with Crippen LogP contribution in [-0.4, -0.2) is 26.2 Å². The molecule has 2 aliphatic heterocycles. The van der Waals surface area contributed by atoms with Crippen LogP contribution in [0.1, 0.15) is 30.9 Å². The largest absolute Gasteiger partial charge is 0.311 e. The van der Waals surface area contributed by atoms with Crippen molar-refractivity contribution >= 4 is 79.0 Å². The minimum absolute atomic E-state index is 0.140. The van der Waals surface area contributed by atoms with Gasteiger partial charge in [-0.2, -0.15) is 5.26 Å². The predicted molar refractivity (Wildman–Crippen MR) is 415 cm³/mol. The minimum atomic E-state index is -0.140. The molecule has 8 heteroatoms. The van der Waals surface area contributed by atoms with Gasteiger partial charge >= 0.3 is 0 Å². The monoisotopic (exact) mass is 1280 g/mol. The van der Waals surface area contributed by atoms with Crippen molar-refractivity contribution in [3.63, 3.8) is 0 Å². The van der Waals surface area contributed by atoms with Crippen LogP contribution in [0.15, 0.2) is 334 Å². The zero-order chi connectivity index (χ0) is 66.6. The summed E-state index contributed by atoms with van der Waals surface area (Å²) in [4.78, 5) is 20.7. The van der Waals surface area contributed by atoms with Crippen LogP contribution in [-0.2, 0) is 6.42 Å². The number of benzene rings is 14. The molecule has 100 heavy (non-hydrogen) atoms. The summed E-state index contributed by atoms with van der Waals surface area (Å²) in [6, 6.07) is 123. The molecular weight excluding hydrogens is 1210 g/mol. The van der Waals surface area contributed by atoms with Crippen molar-refractivity contribution in [2.75, 3.05) is 9.80 Å². The number of anilines is 6. The Balaban J connectivity index is 0.897. The normalized spacial score (nSPS) is 12.1. The molecular formula is C92H64BN7. The van der Waals surface area contributed by atoms with Crippen LogP contribution in [0.4, 0.5) is 34.1 Å². The second kappa shape index (κ2) is 25.2. The molecule has 0 atom stereocenters. The lowest BCUT2D eigenvalue weighted by Crippen LogP contribution is -2.61. The van der Waals surface area contributed by atoms with Crippen molar-refractivity contribution in [2.24, 2.45) is 0 Å². The Morgan fingerprint density at radius 2 is 0.750 bits per heavy atom. The molecule has 0 aliphatic carbocycles. The molecule has 18 rings (SSSR count). The second-order valence-electron chi connectivity index (χ2n) is 26.0. The third-order valence-electron chi connectivity index (χ3n) is 20.0. The first-order chi connectivity index (χ1) is 49.5. The zero-order valence-electron chi connectivity index (χ0n) is 55.1. The number of nitriles is 1. The first-order valence-electron chi connectivity index (χ1n) is 34.5. The quantitative estimate of drug-likeness (QED) is 0.101. The van der Waals surface area contributed by atoms with E-state index in [0.717, 1.165) is 142 Å². The topological polar surface area (TPSA) is 73.9 Å². The van der Waals surface area contributed by atoms with Crippen LogP contribution in [0.5, 0.6) is 0 Å². The molecule has 0 amide bonds. The van der Waals surface area contributed by atoms with Crippen LogP contribution < -0.4 is 26.2 Å². The Bertz CT molecular complexity index is 5560. The fraction of sp³-hybridized carbons (Fsp3) is 0.0435. The van der Waals surface area contributed by atoms with Gasteiger partial charge in [0.1, 0.15) is 0 Å². The first kappa shape index (κ1) is 59.5. The molecule has 7 nitrogen and oxygen atoms in total. The standard InChI is InChI=1S/C92H64BN7/c1-2-3-22-61-35-48-77-78-55-71(43-52-82(78)100(84(77)54-61)83-51-36-62(60-94)53-79(83)92-96-90(69-31-18-8-19-32-69)95-91(97-92)70-33-20-9-21-34-70)74-58-87-89-88(59-74)99(76-46-39-68(40-47-76)64-25-12-5-13-26-64)86-57-73(66-29-16-7-17-30-66)42-50-81(86)93(89)80-49-41-72(65-27-14-6-15-28-65)56-85(80)98(87)75-44-37-67(38-45-75)63-23-10-4-11-24-63/h4-21,23-59H,2-3,22H2,1H3. The zero-order valence-corrected chi connectivity index (χ0v) is 55.1. The van der Waals surface area contributed by atoms with E-state index in [9.17, 15) is 5.26 Å². The summed E-state index contributed by atoms with van der Waals surface area (Å²) < 4.78 is 2.37. The molecule has 0 saturated heterocycles. The summed E-state index contributed by atoms with van der Waals surface area (Å²) in [5.41, 5.74) is 28.9. The molecule has 2 aromatic heterocycles. The van der Waals surface area contributed by atoms with Crippen LogP contribution in [0.3, 0.4) is 0 Å². The Labute approximate surface area is 582 Å². The van der Waals surface area contributed by atoms with E-state index in [4.69, 9.17) is 15.0 Å². The van der Waals surface area contributed by atoms with E-state index in [1.807, 2.05) is 72.8 Å². The maximum atomic E-state index is 10.7. The van der Waals surface area contributed by atoms with Crippen molar-refractivity contribution < 1.29 is 0 Å². The van der Waals surface area contributed by atoms with Gasteiger partial charge in [-0.3, -0.25) is 0 Å². The summed E-state index contributed by atoms with van der Waals surface area (Å²) in [6.45, 7) is 2.11. The Morgan fingerprint density at radius 1 is 0.330 bits per heavy atom. The highest BCUT2D eigenvalue weighted by atomic mass is 15.2. The van der Waals surface area contributed by atoms with Crippen molar-refractivity contribution in [1.29, 1.82) is 5.26 Å². The van der Waals surface area contributed by atoms with Crippen LogP contribution >= 0.6 is 0 Å². The van der Waals surface area contributed by atoms with E-state index in [0.29, 0.717) is 23.0 Å². The molecule has 16 aromatic rings. The molecule has 0 N–H and O–H groups in total. The SMILES string of the molecule is CCCCc1ccc2c3cc(-c4cc5c6c(c4)N(c4ccc(-c7ccccc7)cc4)c4cc(-c7ccccc7)ccc4B6c4ccc(-c6ccccc6)cc4N5c4ccc(-c5ccccc5)cc4)ccc3n(-c3ccc(C#N)cc3-c3nc(-c4ccccc4)nc(-c4ccccc4)n3)c2c1. The van der Waals surface area contributed by atoms with E-state index in [1.165, 1.54) is 33.1 Å². The van der Waals surface area contributed by atoms with Gasteiger partial charge in [0.15, 0.2) is 17.5 Å². The highest BCUT2D eigenvalue weighted by Crippen LogP contribution is 2.49. The van der Waals surface area contributed by atoms with Crippen molar-refractivity contribution in [2.45, 2.75) is 26.2 Å². The van der Waals surface area contributed by atoms with E-state index >= 15 is 0 Å². The highest BCUT2D eigenvalue weighted by molar-refractivity contribution is 7.00. The molecule has 0 bridgehead atoms.